The van der Waals surface area contributed by atoms with Crippen molar-refractivity contribution in [3.8, 4) is 0 Å². The SMILES string of the molecule is CC(C)NCCCCCO[Si](c1ccccc1)(c1ccccc1)C(C)(C)C. The van der Waals surface area contributed by atoms with E-state index in [1.54, 1.807) is 0 Å². The zero-order valence-electron chi connectivity index (χ0n) is 17.8. The average Bonchev–Trinajstić information content (AvgIpc) is 2.64. The number of nitrogens with one attached hydrogen (secondary N) is 1. The molecule has 2 aromatic rings. The number of unbranched alkanes of at least 4 members (excludes halogenated alkanes) is 2. The molecular weight excluding hydrogens is 346 g/mol. The maximum atomic E-state index is 6.91. The quantitative estimate of drug-likeness (QED) is 0.473. The molecule has 0 saturated heterocycles. The van der Waals surface area contributed by atoms with Gasteiger partial charge in [0.2, 0.25) is 0 Å². The van der Waals surface area contributed by atoms with Crippen LogP contribution in [0, 0.1) is 0 Å². The third-order valence-corrected chi connectivity index (χ3v) is 10.2. The van der Waals surface area contributed by atoms with Crippen LogP contribution in [0.5, 0.6) is 0 Å². The summed E-state index contributed by atoms with van der Waals surface area (Å²) in [7, 11) is -2.35. The normalized spacial score (nSPS) is 12.5. The summed E-state index contributed by atoms with van der Waals surface area (Å²) in [6.45, 7) is 13.3. The second kappa shape index (κ2) is 10.2. The van der Waals surface area contributed by atoms with Gasteiger partial charge in [-0.25, -0.2) is 0 Å². The first kappa shape index (κ1) is 21.9. The molecule has 0 aliphatic heterocycles. The van der Waals surface area contributed by atoms with E-state index in [1.165, 1.54) is 23.2 Å². The molecular formula is C24H37NOSi. The molecule has 0 aliphatic carbocycles. The van der Waals surface area contributed by atoms with Crippen LogP contribution < -0.4 is 15.7 Å². The molecule has 0 saturated carbocycles. The Kier molecular flexibility index (Phi) is 8.27. The van der Waals surface area contributed by atoms with E-state index in [4.69, 9.17) is 4.43 Å². The first-order valence-electron chi connectivity index (χ1n) is 10.4. The summed E-state index contributed by atoms with van der Waals surface area (Å²) in [5.41, 5.74) is 0. The molecule has 0 spiro atoms. The van der Waals surface area contributed by atoms with Crippen LogP contribution in [0.2, 0.25) is 5.04 Å². The second-order valence-corrected chi connectivity index (χ2v) is 13.0. The molecule has 0 radical (unpaired) electrons. The lowest BCUT2D eigenvalue weighted by Crippen LogP contribution is -2.66. The highest BCUT2D eigenvalue weighted by molar-refractivity contribution is 6.99. The Bertz CT molecular complexity index is 610. The second-order valence-electron chi connectivity index (χ2n) is 8.68. The molecule has 2 aromatic carbocycles. The molecule has 2 rings (SSSR count). The summed E-state index contributed by atoms with van der Waals surface area (Å²) in [4.78, 5) is 0. The lowest BCUT2D eigenvalue weighted by atomic mass is 10.2. The van der Waals surface area contributed by atoms with Crippen LogP contribution in [0.4, 0.5) is 0 Å². The zero-order chi connectivity index (χ0) is 19.8. The molecule has 0 fully saturated rings. The minimum absolute atomic E-state index is 0.0644. The van der Waals surface area contributed by atoms with Crippen molar-refractivity contribution in [3.63, 3.8) is 0 Å². The van der Waals surface area contributed by atoms with Crippen LogP contribution in [-0.4, -0.2) is 27.5 Å². The molecule has 2 nitrogen and oxygen atoms in total. The molecule has 1 N–H and O–H groups in total. The highest BCUT2D eigenvalue weighted by atomic mass is 28.4. The Morgan fingerprint density at radius 2 is 1.33 bits per heavy atom. The standard InChI is InChI=1S/C24H37NOSi/c1-21(2)25-19-13-8-14-20-26-27(24(3,4)5,22-15-9-6-10-16-22)23-17-11-7-12-18-23/h6-7,9-12,15-18,21,25H,8,13-14,19-20H2,1-5H3. The van der Waals surface area contributed by atoms with E-state index in [0.717, 1.165) is 19.6 Å². The monoisotopic (exact) mass is 383 g/mol. The van der Waals surface area contributed by atoms with Gasteiger partial charge in [0.25, 0.3) is 8.32 Å². The van der Waals surface area contributed by atoms with Crippen LogP contribution in [0.1, 0.15) is 53.9 Å². The van der Waals surface area contributed by atoms with Gasteiger partial charge < -0.3 is 9.74 Å². The van der Waals surface area contributed by atoms with Crippen molar-refractivity contribution in [2.24, 2.45) is 0 Å². The average molecular weight is 384 g/mol. The molecule has 148 valence electrons. The summed E-state index contributed by atoms with van der Waals surface area (Å²) < 4.78 is 6.91. The number of benzene rings is 2. The lowest BCUT2D eigenvalue weighted by molar-refractivity contribution is 0.286. The fourth-order valence-corrected chi connectivity index (χ4v) is 8.39. The van der Waals surface area contributed by atoms with Crippen molar-refractivity contribution in [2.45, 2.75) is 65.0 Å². The fraction of sp³-hybridized carbons (Fsp3) is 0.500. The summed E-state index contributed by atoms with van der Waals surface area (Å²) >= 11 is 0. The van der Waals surface area contributed by atoms with Crippen molar-refractivity contribution in [3.05, 3.63) is 60.7 Å². The van der Waals surface area contributed by atoms with Gasteiger partial charge in [0, 0.05) is 12.6 Å². The smallest absolute Gasteiger partial charge is 0.261 e. The predicted molar refractivity (Wildman–Crippen MR) is 121 cm³/mol. The van der Waals surface area contributed by atoms with Gasteiger partial charge in [0.1, 0.15) is 0 Å². The minimum atomic E-state index is -2.35. The molecule has 0 heterocycles. The molecule has 0 atom stereocenters. The van der Waals surface area contributed by atoms with Crippen LogP contribution in [0.3, 0.4) is 0 Å². The van der Waals surface area contributed by atoms with Gasteiger partial charge in [-0.1, -0.05) is 95.3 Å². The first-order chi connectivity index (χ1) is 12.9. The maximum Gasteiger partial charge on any atom is 0.261 e. The van der Waals surface area contributed by atoms with Crippen molar-refractivity contribution in [1.82, 2.24) is 5.32 Å². The van der Waals surface area contributed by atoms with Crippen molar-refractivity contribution in [1.29, 1.82) is 0 Å². The Labute approximate surface area is 167 Å². The molecule has 0 amide bonds. The van der Waals surface area contributed by atoms with E-state index in [-0.39, 0.29) is 5.04 Å². The van der Waals surface area contributed by atoms with E-state index in [1.807, 2.05) is 0 Å². The summed E-state index contributed by atoms with van der Waals surface area (Å²) in [6.07, 6.45) is 3.53. The number of hydrogen-bond donors (Lipinski definition) is 1. The van der Waals surface area contributed by atoms with E-state index in [9.17, 15) is 0 Å². The third-order valence-electron chi connectivity index (χ3n) is 5.11. The van der Waals surface area contributed by atoms with Gasteiger partial charge in [-0.05, 0) is 41.2 Å². The molecule has 0 unspecified atom stereocenters. The van der Waals surface area contributed by atoms with E-state index >= 15 is 0 Å². The van der Waals surface area contributed by atoms with Crippen LogP contribution in [0.15, 0.2) is 60.7 Å². The lowest BCUT2D eigenvalue weighted by Gasteiger charge is -2.43. The molecule has 3 heteroatoms. The minimum Gasteiger partial charge on any atom is -0.407 e. The summed E-state index contributed by atoms with van der Waals surface area (Å²) in [5, 5.41) is 6.29. The van der Waals surface area contributed by atoms with Crippen molar-refractivity contribution in [2.75, 3.05) is 13.2 Å². The van der Waals surface area contributed by atoms with Gasteiger partial charge in [-0.3, -0.25) is 0 Å². The van der Waals surface area contributed by atoms with Crippen molar-refractivity contribution >= 4 is 18.7 Å². The first-order valence-corrected chi connectivity index (χ1v) is 12.3. The van der Waals surface area contributed by atoms with E-state index in [0.29, 0.717) is 6.04 Å². The largest absolute Gasteiger partial charge is 0.407 e. The fourth-order valence-electron chi connectivity index (χ4n) is 3.78. The molecule has 27 heavy (non-hydrogen) atoms. The zero-order valence-corrected chi connectivity index (χ0v) is 18.8. The topological polar surface area (TPSA) is 21.3 Å². The Morgan fingerprint density at radius 3 is 1.78 bits per heavy atom. The number of rotatable bonds is 10. The van der Waals surface area contributed by atoms with Crippen LogP contribution in [0.25, 0.3) is 0 Å². The van der Waals surface area contributed by atoms with Crippen molar-refractivity contribution < 1.29 is 4.43 Å². The third kappa shape index (κ3) is 5.77. The van der Waals surface area contributed by atoms with Gasteiger partial charge in [0.05, 0.1) is 0 Å². The maximum absolute atomic E-state index is 6.91. The van der Waals surface area contributed by atoms with Gasteiger partial charge in [-0.15, -0.1) is 0 Å². The van der Waals surface area contributed by atoms with Crippen LogP contribution in [-0.2, 0) is 4.43 Å². The Hall–Kier alpha value is -1.42. The highest BCUT2D eigenvalue weighted by Crippen LogP contribution is 2.36. The molecule has 0 aromatic heterocycles. The Morgan fingerprint density at radius 1 is 0.815 bits per heavy atom. The van der Waals surface area contributed by atoms with Crippen LogP contribution >= 0.6 is 0 Å². The van der Waals surface area contributed by atoms with Gasteiger partial charge in [0.15, 0.2) is 0 Å². The van der Waals surface area contributed by atoms with Gasteiger partial charge >= 0.3 is 0 Å². The highest BCUT2D eigenvalue weighted by Gasteiger charge is 2.49. The van der Waals surface area contributed by atoms with Gasteiger partial charge in [-0.2, -0.15) is 0 Å². The summed E-state index contributed by atoms with van der Waals surface area (Å²) in [5.74, 6) is 0. The number of hydrogen-bond acceptors (Lipinski definition) is 2. The van der Waals surface area contributed by atoms with E-state index < -0.39 is 8.32 Å². The summed E-state index contributed by atoms with van der Waals surface area (Å²) in [6, 6.07) is 22.4. The molecule has 0 aliphatic rings. The van der Waals surface area contributed by atoms with E-state index in [2.05, 4.69) is 101 Å². The predicted octanol–water partition coefficient (Wildman–Crippen LogP) is 4.73. The Balaban J connectivity index is 2.18. The molecule has 0 bridgehead atoms.